The number of ether oxygens (including phenoxy) is 3. The molecule has 0 bridgehead atoms. The number of aromatic hydroxyl groups is 1. The molecule has 16 heteroatoms. The van der Waals surface area contributed by atoms with E-state index in [4.69, 9.17) is 9.47 Å². The van der Waals surface area contributed by atoms with Crippen LogP contribution >= 0.6 is 0 Å². The van der Waals surface area contributed by atoms with Crippen molar-refractivity contribution >= 4 is 38.7 Å². The third kappa shape index (κ3) is 10.3. The predicted octanol–water partition coefficient (Wildman–Crippen LogP) is 4.68. The van der Waals surface area contributed by atoms with Gasteiger partial charge in [0.2, 0.25) is 10.0 Å². The first-order chi connectivity index (χ1) is 28.3. The number of pyridine rings is 3. The summed E-state index contributed by atoms with van der Waals surface area (Å²) in [7, 11) is -1.89. The Labute approximate surface area is 339 Å². The van der Waals surface area contributed by atoms with Crippen molar-refractivity contribution in [3.63, 3.8) is 0 Å². The molecule has 3 aromatic heterocycles. The molecule has 1 N–H and O–H groups in total. The molecule has 0 aliphatic carbocycles. The summed E-state index contributed by atoms with van der Waals surface area (Å²) in [5, 5.41) is 10.7. The van der Waals surface area contributed by atoms with Gasteiger partial charge < -0.3 is 28.5 Å². The average molecular weight is 823 g/mol. The van der Waals surface area contributed by atoms with Crippen molar-refractivity contribution in [3.05, 3.63) is 170 Å². The number of aromatic nitrogens is 3. The summed E-state index contributed by atoms with van der Waals surface area (Å²) in [5.41, 5.74) is 1.44. The van der Waals surface area contributed by atoms with Crippen molar-refractivity contribution in [2.45, 2.75) is 38.4 Å². The zero-order chi connectivity index (χ0) is 42.7. The van der Waals surface area contributed by atoms with Gasteiger partial charge in [0, 0.05) is 36.1 Å². The Kier molecular flexibility index (Phi) is 14.3. The average Bonchev–Trinajstić information content (AvgIpc) is 3.24. The Balaban J connectivity index is 0.000000246. The number of fused-ring (bicyclic) bond motifs is 1. The van der Waals surface area contributed by atoms with Gasteiger partial charge in [0.1, 0.15) is 6.54 Å². The first-order valence-electron chi connectivity index (χ1n) is 18.2. The highest BCUT2D eigenvalue weighted by molar-refractivity contribution is 7.89. The van der Waals surface area contributed by atoms with E-state index in [0.717, 1.165) is 28.1 Å². The minimum absolute atomic E-state index is 0.0600. The molecule has 3 aromatic carbocycles. The number of esters is 3. The number of sulfonamides is 1. The van der Waals surface area contributed by atoms with Crippen LogP contribution in [0.3, 0.4) is 0 Å². The smallest absolute Gasteiger partial charge is 0.360 e. The lowest BCUT2D eigenvalue weighted by Crippen LogP contribution is -2.39. The van der Waals surface area contributed by atoms with Crippen LogP contribution < -0.4 is 11.1 Å². The lowest BCUT2D eigenvalue weighted by Gasteiger charge is -2.22. The summed E-state index contributed by atoms with van der Waals surface area (Å²) in [6, 6.07) is 27.9. The summed E-state index contributed by atoms with van der Waals surface area (Å²) in [6.07, 6.45) is 4.33. The van der Waals surface area contributed by atoms with Crippen molar-refractivity contribution in [1.29, 1.82) is 0 Å². The van der Waals surface area contributed by atoms with Gasteiger partial charge in [0.05, 0.1) is 49.8 Å². The second-order valence-corrected chi connectivity index (χ2v) is 15.0. The van der Waals surface area contributed by atoms with Gasteiger partial charge in [-0.3, -0.25) is 14.4 Å². The summed E-state index contributed by atoms with van der Waals surface area (Å²) in [5.74, 6) is -2.68. The number of carbonyl (C=O) groups is 3. The minimum atomic E-state index is -4.23. The van der Waals surface area contributed by atoms with Crippen LogP contribution in [0.1, 0.15) is 50.0 Å². The number of methoxy groups -OCH3 is 2. The van der Waals surface area contributed by atoms with Gasteiger partial charge in [0.15, 0.2) is 11.4 Å². The zero-order valence-corrected chi connectivity index (χ0v) is 33.5. The molecule has 0 spiro atoms. The maximum absolute atomic E-state index is 13.5. The third-order valence-corrected chi connectivity index (χ3v) is 10.9. The maximum Gasteiger partial charge on any atom is 0.360 e. The van der Waals surface area contributed by atoms with E-state index in [1.54, 1.807) is 31.3 Å². The molecular weight excluding hydrogens is 781 g/mol. The number of rotatable bonds is 13. The quantitative estimate of drug-likeness (QED) is 0.125. The molecule has 306 valence electrons. The molecule has 0 saturated heterocycles. The highest BCUT2D eigenvalue weighted by Gasteiger charge is 2.30. The van der Waals surface area contributed by atoms with E-state index in [9.17, 15) is 37.5 Å². The van der Waals surface area contributed by atoms with Gasteiger partial charge in [-0.2, -0.15) is 4.31 Å². The molecule has 0 aliphatic heterocycles. The standard InChI is InChI=1S/C26H28N2O7S.C17H14N2O4/c1-4-35-26(31)22-14-15-27(16-20-8-6-5-7-9-20)25(30)23(22)17-28(18-24(29)34-3)36(32,33)21-12-10-19(2)11-13-21;1-23-17(22)14-15(20)12-7-8-19(16(21)13(12)9-18-14)10-11-5-3-2-4-6-11/h5-15H,4,16-18H2,1-3H3;2-9,20H,10H2,1H3. The fraction of sp³-hybridized carbons (Fsp3) is 0.209. The van der Waals surface area contributed by atoms with Crippen LogP contribution in [-0.2, 0) is 48.7 Å². The molecule has 0 unspecified atom stereocenters. The molecule has 3 heterocycles. The lowest BCUT2D eigenvalue weighted by molar-refractivity contribution is -0.140. The summed E-state index contributed by atoms with van der Waals surface area (Å²) >= 11 is 0. The van der Waals surface area contributed by atoms with Gasteiger partial charge in [-0.15, -0.1) is 0 Å². The monoisotopic (exact) mass is 822 g/mol. The number of benzene rings is 3. The molecule has 0 aliphatic rings. The summed E-state index contributed by atoms with van der Waals surface area (Å²) < 4.78 is 45.1. The van der Waals surface area contributed by atoms with Gasteiger partial charge in [-0.1, -0.05) is 78.4 Å². The van der Waals surface area contributed by atoms with E-state index < -0.39 is 46.6 Å². The van der Waals surface area contributed by atoms with Crippen molar-refractivity contribution < 1.29 is 42.1 Å². The van der Waals surface area contributed by atoms with E-state index in [0.29, 0.717) is 6.54 Å². The molecule has 6 rings (SSSR count). The first-order valence-corrected chi connectivity index (χ1v) is 19.6. The van der Waals surface area contributed by atoms with Gasteiger partial charge in [-0.25, -0.2) is 23.0 Å². The van der Waals surface area contributed by atoms with Crippen molar-refractivity contribution in [3.8, 4) is 5.75 Å². The van der Waals surface area contributed by atoms with E-state index in [-0.39, 0.29) is 56.9 Å². The second-order valence-electron chi connectivity index (χ2n) is 13.0. The largest absolute Gasteiger partial charge is 0.505 e. The van der Waals surface area contributed by atoms with Crippen LogP contribution in [0.25, 0.3) is 10.8 Å². The maximum atomic E-state index is 13.5. The lowest BCUT2D eigenvalue weighted by atomic mass is 10.1. The summed E-state index contributed by atoms with van der Waals surface area (Å²) in [6.45, 7) is 2.94. The molecule has 6 aromatic rings. The van der Waals surface area contributed by atoms with Crippen molar-refractivity contribution in [2.75, 3.05) is 27.4 Å². The van der Waals surface area contributed by atoms with E-state index in [1.807, 2.05) is 67.6 Å². The fourth-order valence-corrected chi connectivity index (χ4v) is 7.29. The number of hydrogen-bond donors (Lipinski definition) is 1. The Bertz CT molecular complexity index is 2680. The minimum Gasteiger partial charge on any atom is -0.505 e. The van der Waals surface area contributed by atoms with Gasteiger partial charge in [-0.05, 0) is 49.2 Å². The van der Waals surface area contributed by atoms with E-state index in [2.05, 4.69) is 9.72 Å². The van der Waals surface area contributed by atoms with Crippen LogP contribution in [0, 0.1) is 6.92 Å². The molecule has 15 nitrogen and oxygen atoms in total. The first kappa shape index (κ1) is 43.2. The van der Waals surface area contributed by atoms with Gasteiger partial charge >= 0.3 is 17.9 Å². The normalized spacial score (nSPS) is 11.1. The Morgan fingerprint density at radius 2 is 1.32 bits per heavy atom. The Morgan fingerprint density at radius 1 is 0.746 bits per heavy atom. The van der Waals surface area contributed by atoms with Crippen LogP contribution in [0.4, 0.5) is 0 Å². The SMILES string of the molecule is CCOC(=O)c1ccn(Cc2ccccc2)c(=O)c1CN(CC(=O)OC)S(=O)(=O)c1ccc(C)cc1.COC(=O)c1ncc2c(=O)n(Cc3ccccc3)ccc2c1O. The number of hydrogen-bond acceptors (Lipinski definition) is 12. The van der Waals surface area contributed by atoms with Crippen LogP contribution in [0.15, 0.2) is 130 Å². The van der Waals surface area contributed by atoms with Crippen molar-refractivity contribution in [1.82, 2.24) is 18.4 Å². The number of nitrogens with zero attached hydrogens (tertiary/aromatic N) is 4. The van der Waals surface area contributed by atoms with Crippen LogP contribution in [-0.4, -0.2) is 77.2 Å². The zero-order valence-electron chi connectivity index (χ0n) is 32.7. The second kappa shape index (κ2) is 19.5. The highest BCUT2D eigenvalue weighted by atomic mass is 32.2. The molecule has 59 heavy (non-hydrogen) atoms. The molecular formula is C43H42N4O11S. The van der Waals surface area contributed by atoms with Crippen LogP contribution in [0.2, 0.25) is 0 Å². The Morgan fingerprint density at radius 3 is 1.88 bits per heavy atom. The topological polar surface area (TPSA) is 193 Å². The third-order valence-electron chi connectivity index (χ3n) is 9.06. The number of aryl methyl sites for hydroxylation is 1. The summed E-state index contributed by atoms with van der Waals surface area (Å²) in [4.78, 5) is 66.2. The van der Waals surface area contributed by atoms with Crippen LogP contribution in [0.5, 0.6) is 5.75 Å². The van der Waals surface area contributed by atoms with E-state index >= 15 is 0 Å². The molecule has 0 radical (unpaired) electrons. The molecule has 0 amide bonds. The van der Waals surface area contributed by atoms with Crippen molar-refractivity contribution in [2.24, 2.45) is 0 Å². The molecule has 0 atom stereocenters. The highest BCUT2D eigenvalue weighted by Crippen LogP contribution is 2.25. The Hall–Kier alpha value is -6.91. The molecule has 0 fully saturated rings. The molecule has 0 saturated carbocycles. The van der Waals surface area contributed by atoms with E-state index in [1.165, 1.54) is 46.8 Å². The predicted molar refractivity (Wildman–Crippen MR) is 218 cm³/mol. The number of carbonyl (C=O) groups excluding carboxylic acids is 3. The fourth-order valence-electron chi connectivity index (χ4n) is 5.94. The van der Waals surface area contributed by atoms with Gasteiger partial charge in [0.25, 0.3) is 11.1 Å².